The quantitative estimate of drug-likeness (QED) is 0.575. The Hall–Kier alpha value is -2.88. The number of aryl methyl sites for hydroxylation is 2. The van der Waals surface area contributed by atoms with Gasteiger partial charge >= 0.3 is 0 Å². The van der Waals surface area contributed by atoms with E-state index in [0.29, 0.717) is 23.8 Å². The van der Waals surface area contributed by atoms with E-state index in [2.05, 4.69) is 15.3 Å². The zero-order chi connectivity index (χ0) is 23.6. The summed E-state index contributed by atoms with van der Waals surface area (Å²) in [6, 6.07) is 15.0. The third-order valence-corrected chi connectivity index (χ3v) is 7.70. The molecule has 0 atom stereocenters. The van der Waals surface area contributed by atoms with Crippen molar-refractivity contribution in [2.45, 2.75) is 18.4 Å². The Kier molecular flexibility index (Phi) is 6.73. The minimum absolute atomic E-state index is 0.0247. The van der Waals surface area contributed by atoms with Gasteiger partial charge in [0.25, 0.3) is 15.9 Å². The van der Waals surface area contributed by atoms with Gasteiger partial charge in [0.05, 0.1) is 5.56 Å². The van der Waals surface area contributed by atoms with E-state index in [1.807, 2.05) is 43.3 Å². The molecule has 0 bridgehead atoms. The lowest BCUT2D eigenvalue weighted by Gasteiger charge is -2.35. The van der Waals surface area contributed by atoms with Crippen LogP contribution >= 0.6 is 11.6 Å². The first-order chi connectivity index (χ1) is 15.8. The fourth-order valence-electron chi connectivity index (χ4n) is 3.86. The number of anilines is 2. The van der Waals surface area contributed by atoms with Crippen LogP contribution in [0.25, 0.3) is 0 Å². The maximum atomic E-state index is 13.4. The van der Waals surface area contributed by atoms with Crippen LogP contribution in [0.5, 0.6) is 0 Å². The van der Waals surface area contributed by atoms with Gasteiger partial charge in [-0.3, -0.25) is 9.48 Å². The molecule has 0 aliphatic carbocycles. The van der Waals surface area contributed by atoms with Gasteiger partial charge in [0.15, 0.2) is 0 Å². The average Bonchev–Trinajstić information content (AvgIpc) is 3.22. The lowest BCUT2D eigenvalue weighted by molar-refractivity contribution is 0.102. The van der Waals surface area contributed by atoms with Gasteiger partial charge in [0, 0.05) is 55.8 Å². The smallest absolute Gasteiger partial charge is 0.263 e. The second-order valence-electron chi connectivity index (χ2n) is 7.90. The van der Waals surface area contributed by atoms with E-state index >= 15 is 0 Å². The molecule has 33 heavy (non-hydrogen) atoms. The molecule has 1 fully saturated rings. The van der Waals surface area contributed by atoms with Gasteiger partial charge in [-0.1, -0.05) is 36.7 Å². The molecule has 1 N–H and O–H groups in total. The molecule has 174 valence electrons. The van der Waals surface area contributed by atoms with E-state index in [4.69, 9.17) is 11.6 Å². The first-order valence-electron chi connectivity index (χ1n) is 10.7. The third-order valence-electron chi connectivity index (χ3n) is 5.63. The van der Waals surface area contributed by atoms with Crippen LogP contribution in [0.1, 0.15) is 22.8 Å². The molecule has 1 aromatic heterocycles. The van der Waals surface area contributed by atoms with E-state index in [9.17, 15) is 13.2 Å². The summed E-state index contributed by atoms with van der Waals surface area (Å²) in [5.74, 6) is -0.507. The summed E-state index contributed by atoms with van der Waals surface area (Å²) >= 11 is 6.09. The van der Waals surface area contributed by atoms with Crippen LogP contribution in [-0.4, -0.2) is 54.6 Å². The van der Waals surface area contributed by atoms with Gasteiger partial charge < -0.3 is 10.2 Å². The summed E-state index contributed by atoms with van der Waals surface area (Å²) in [6.45, 7) is 3.62. The Morgan fingerprint density at radius 3 is 2.52 bits per heavy atom. The number of amides is 1. The SMILES string of the molecule is CCc1cccc(NC(=O)c2cn(C)nc2S(=O)(=O)N2CCN(c3cccc(Cl)c3)CC2)c1. The number of benzene rings is 2. The van der Waals surface area contributed by atoms with Crippen LogP contribution < -0.4 is 10.2 Å². The summed E-state index contributed by atoms with van der Waals surface area (Å²) in [5.41, 5.74) is 2.66. The maximum absolute atomic E-state index is 13.4. The molecular weight excluding hydrogens is 462 g/mol. The van der Waals surface area contributed by atoms with E-state index in [0.717, 1.165) is 17.7 Å². The van der Waals surface area contributed by atoms with Crippen molar-refractivity contribution in [1.29, 1.82) is 0 Å². The van der Waals surface area contributed by atoms with Crippen molar-refractivity contribution in [1.82, 2.24) is 14.1 Å². The summed E-state index contributed by atoms with van der Waals surface area (Å²) in [6.07, 6.45) is 2.27. The minimum Gasteiger partial charge on any atom is -0.369 e. The number of aromatic nitrogens is 2. The molecule has 2 aromatic carbocycles. The van der Waals surface area contributed by atoms with Crippen LogP contribution in [-0.2, 0) is 23.5 Å². The number of piperazine rings is 1. The molecular formula is C23H26ClN5O3S. The van der Waals surface area contributed by atoms with Crippen LogP contribution in [0, 0.1) is 0 Å². The van der Waals surface area contributed by atoms with E-state index < -0.39 is 15.9 Å². The minimum atomic E-state index is -3.95. The third kappa shape index (κ3) is 5.05. The van der Waals surface area contributed by atoms with Crippen LogP contribution in [0.4, 0.5) is 11.4 Å². The van der Waals surface area contributed by atoms with Gasteiger partial charge in [0.2, 0.25) is 5.03 Å². The number of nitrogens with zero attached hydrogens (tertiary/aromatic N) is 4. The number of carbonyl (C=O) groups excluding carboxylic acids is 1. The Balaban J connectivity index is 1.52. The second-order valence-corrected chi connectivity index (χ2v) is 10.2. The number of halogens is 1. The van der Waals surface area contributed by atoms with E-state index in [1.165, 1.54) is 15.2 Å². The van der Waals surface area contributed by atoms with Crippen molar-refractivity contribution in [2.75, 3.05) is 36.4 Å². The number of nitrogens with one attached hydrogen (secondary N) is 1. The highest BCUT2D eigenvalue weighted by atomic mass is 35.5. The Bertz CT molecular complexity index is 1270. The van der Waals surface area contributed by atoms with Crippen molar-refractivity contribution in [3.05, 3.63) is 70.9 Å². The molecule has 3 aromatic rings. The van der Waals surface area contributed by atoms with Gasteiger partial charge in [-0.25, -0.2) is 8.42 Å². The van der Waals surface area contributed by atoms with Crippen molar-refractivity contribution in [3.8, 4) is 0 Å². The normalized spacial score (nSPS) is 14.9. The van der Waals surface area contributed by atoms with Crippen molar-refractivity contribution in [2.24, 2.45) is 7.05 Å². The van der Waals surface area contributed by atoms with Gasteiger partial charge in [0.1, 0.15) is 0 Å². The van der Waals surface area contributed by atoms with Crippen molar-refractivity contribution < 1.29 is 13.2 Å². The Labute approximate surface area is 198 Å². The number of sulfonamides is 1. The largest absolute Gasteiger partial charge is 0.369 e. The molecule has 2 heterocycles. The number of carbonyl (C=O) groups is 1. The highest BCUT2D eigenvalue weighted by molar-refractivity contribution is 7.89. The molecule has 1 saturated heterocycles. The zero-order valence-electron chi connectivity index (χ0n) is 18.5. The predicted molar refractivity (Wildman–Crippen MR) is 129 cm³/mol. The molecule has 10 heteroatoms. The van der Waals surface area contributed by atoms with Gasteiger partial charge in [-0.2, -0.15) is 9.40 Å². The van der Waals surface area contributed by atoms with Crippen LogP contribution in [0.3, 0.4) is 0 Å². The lowest BCUT2D eigenvalue weighted by Crippen LogP contribution is -2.49. The fraction of sp³-hybridized carbons (Fsp3) is 0.304. The Morgan fingerprint density at radius 1 is 1.09 bits per heavy atom. The lowest BCUT2D eigenvalue weighted by atomic mass is 10.1. The molecule has 0 unspecified atom stereocenters. The molecule has 0 spiro atoms. The molecule has 1 aliphatic rings. The first-order valence-corrected chi connectivity index (χ1v) is 12.5. The van der Waals surface area contributed by atoms with E-state index in [-0.39, 0.29) is 23.7 Å². The molecule has 0 saturated carbocycles. The highest BCUT2D eigenvalue weighted by Gasteiger charge is 2.34. The second kappa shape index (κ2) is 9.54. The standard InChI is InChI=1S/C23H26ClN5O3S/c1-3-17-6-4-8-19(14-17)25-22(30)21-16-27(2)26-23(21)33(31,32)29-12-10-28(11-13-29)20-9-5-7-18(24)15-20/h4-9,14-16H,3,10-13H2,1-2H3,(H,25,30). The molecule has 0 radical (unpaired) electrons. The summed E-state index contributed by atoms with van der Waals surface area (Å²) in [5, 5.41) is 7.34. The summed E-state index contributed by atoms with van der Waals surface area (Å²) in [7, 11) is -2.35. The van der Waals surface area contributed by atoms with Gasteiger partial charge in [-0.15, -0.1) is 0 Å². The number of hydrogen-bond acceptors (Lipinski definition) is 5. The van der Waals surface area contributed by atoms with Gasteiger partial charge in [-0.05, 0) is 42.3 Å². The average molecular weight is 488 g/mol. The molecule has 1 aliphatic heterocycles. The fourth-order valence-corrected chi connectivity index (χ4v) is 5.59. The summed E-state index contributed by atoms with van der Waals surface area (Å²) in [4.78, 5) is 15.1. The van der Waals surface area contributed by atoms with Crippen LogP contribution in [0.2, 0.25) is 5.02 Å². The zero-order valence-corrected chi connectivity index (χ0v) is 20.1. The molecule has 8 nitrogen and oxygen atoms in total. The molecule has 1 amide bonds. The van der Waals surface area contributed by atoms with E-state index in [1.54, 1.807) is 19.2 Å². The Morgan fingerprint density at radius 2 is 1.82 bits per heavy atom. The topological polar surface area (TPSA) is 87.5 Å². The monoisotopic (exact) mass is 487 g/mol. The first kappa shape index (κ1) is 23.3. The van der Waals surface area contributed by atoms with Crippen LogP contribution in [0.15, 0.2) is 59.8 Å². The predicted octanol–water partition coefficient (Wildman–Crippen LogP) is 3.40. The molecule has 4 rings (SSSR count). The van der Waals surface area contributed by atoms with Crippen molar-refractivity contribution >= 4 is 38.9 Å². The van der Waals surface area contributed by atoms with Crippen molar-refractivity contribution in [3.63, 3.8) is 0 Å². The number of hydrogen-bond donors (Lipinski definition) is 1. The summed E-state index contributed by atoms with van der Waals surface area (Å²) < 4.78 is 29.5. The highest BCUT2D eigenvalue weighted by Crippen LogP contribution is 2.25. The number of rotatable bonds is 6. The maximum Gasteiger partial charge on any atom is 0.263 e.